The summed E-state index contributed by atoms with van der Waals surface area (Å²) in [6, 6.07) is 3.70. The quantitative estimate of drug-likeness (QED) is 0.651. The van der Waals surface area contributed by atoms with Gasteiger partial charge >= 0.3 is 6.18 Å². The van der Waals surface area contributed by atoms with Gasteiger partial charge in [0.05, 0.1) is 11.5 Å². The van der Waals surface area contributed by atoms with E-state index in [0.29, 0.717) is 51.0 Å². The van der Waals surface area contributed by atoms with Crippen molar-refractivity contribution in [2.24, 2.45) is 5.41 Å². The normalized spacial score (nSPS) is 23.3. The van der Waals surface area contributed by atoms with Crippen LogP contribution in [0.3, 0.4) is 0 Å². The van der Waals surface area contributed by atoms with Crippen LogP contribution in [-0.2, 0) is 11.0 Å². The zero-order valence-electron chi connectivity index (χ0n) is 16.9. The average Bonchev–Trinajstić information content (AvgIpc) is 3.26. The maximum atomic E-state index is 13.7. The minimum absolute atomic E-state index is 0.00552. The van der Waals surface area contributed by atoms with Crippen LogP contribution in [0.4, 0.5) is 27.9 Å². The Morgan fingerprint density at radius 3 is 2.38 bits per heavy atom. The second-order valence-electron chi connectivity index (χ2n) is 8.55. The summed E-state index contributed by atoms with van der Waals surface area (Å²) in [7, 11) is 0. The number of halogens is 5. The summed E-state index contributed by atoms with van der Waals surface area (Å²) in [5.41, 5.74) is -1.26. The SMILES string of the molecule is O=C1N2[C@H](c3cc(F)cc(F)c3)CCN2CC12CCN(c1nccc(C(F)(F)F)n1)CC2. The molecule has 3 saturated heterocycles. The number of alkyl halides is 3. The molecule has 1 spiro atoms. The molecule has 3 fully saturated rings. The summed E-state index contributed by atoms with van der Waals surface area (Å²) >= 11 is 0. The van der Waals surface area contributed by atoms with E-state index in [-0.39, 0.29) is 11.9 Å². The predicted octanol–water partition coefficient (Wildman–Crippen LogP) is 3.56. The van der Waals surface area contributed by atoms with E-state index in [1.807, 2.05) is 5.01 Å². The molecule has 0 bridgehead atoms. The first-order valence-electron chi connectivity index (χ1n) is 10.4. The van der Waals surface area contributed by atoms with E-state index in [9.17, 15) is 26.7 Å². The molecule has 4 heterocycles. The Labute approximate surface area is 180 Å². The third-order valence-corrected chi connectivity index (χ3v) is 6.61. The predicted molar refractivity (Wildman–Crippen MR) is 103 cm³/mol. The maximum absolute atomic E-state index is 13.7. The number of hydrazine groups is 1. The van der Waals surface area contributed by atoms with Crippen LogP contribution >= 0.6 is 0 Å². The number of fused-ring (bicyclic) bond motifs is 1. The fourth-order valence-corrected chi connectivity index (χ4v) is 5.02. The standard InChI is InChI=1S/C21H20F5N5O/c22-14-9-13(10-15(23)11-14)16-2-6-30-12-20(18(32)31(16)30)3-7-29(8-4-20)19-27-5-1-17(28-19)21(24,25)26/h1,5,9-11,16H,2-4,6-8,12H2/t16-/m0/s1. The third-order valence-electron chi connectivity index (χ3n) is 6.61. The number of rotatable bonds is 2. The molecular formula is C21H20F5N5O. The molecule has 32 heavy (non-hydrogen) atoms. The van der Waals surface area contributed by atoms with Crippen LogP contribution in [0.2, 0.25) is 0 Å². The number of aromatic nitrogens is 2. The number of carbonyl (C=O) groups excluding carboxylic acids is 1. The van der Waals surface area contributed by atoms with Gasteiger partial charge in [0, 0.05) is 38.4 Å². The van der Waals surface area contributed by atoms with Gasteiger partial charge in [-0.25, -0.2) is 23.8 Å². The van der Waals surface area contributed by atoms with E-state index in [0.717, 1.165) is 18.3 Å². The fraction of sp³-hybridized carbons (Fsp3) is 0.476. The lowest BCUT2D eigenvalue weighted by atomic mass is 9.78. The average molecular weight is 453 g/mol. The number of hydrogen-bond acceptors (Lipinski definition) is 5. The fourth-order valence-electron chi connectivity index (χ4n) is 5.02. The molecule has 1 amide bonds. The van der Waals surface area contributed by atoms with Crippen LogP contribution in [0.25, 0.3) is 0 Å². The summed E-state index contributed by atoms with van der Waals surface area (Å²) in [6.45, 7) is 1.76. The van der Waals surface area contributed by atoms with E-state index in [1.165, 1.54) is 12.1 Å². The summed E-state index contributed by atoms with van der Waals surface area (Å²) in [4.78, 5) is 22.7. The molecule has 2 aromatic rings. The van der Waals surface area contributed by atoms with Gasteiger partial charge in [0.25, 0.3) is 0 Å². The first kappa shape index (κ1) is 21.0. The lowest BCUT2D eigenvalue weighted by Gasteiger charge is -2.38. The van der Waals surface area contributed by atoms with Gasteiger partial charge in [-0.3, -0.25) is 9.80 Å². The molecular weight excluding hydrogens is 433 g/mol. The third kappa shape index (κ3) is 3.48. The van der Waals surface area contributed by atoms with Gasteiger partial charge in [-0.05, 0) is 43.0 Å². The monoisotopic (exact) mass is 453 g/mol. The van der Waals surface area contributed by atoms with Crippen molar-refractivity contribution in [2.75, 3.05) is 31.1 Å². The Morgan fingerprint density at radius 2 is 1.72 bits per heavy atom. The largest absolute Gasteiger partial charge is 0.433 e. The maximum Gasteiger partial charge on any atom is 0.433 e. The zero-order chi connectivity index (χ0) is 22.7. The lowest BCUT2D eigenvalue weighted by Crippen LogP contribution is -2.46. The second-order valence-corrected chi connectivity index (χ2v) is 8.55. The van der Waals surface area contributed by atoms with Crippen LogP contribution in [0.1, 0.15) is 36.6 Å². The number of anilines is 1. The highest BCUT2D eigenvalue weighted by molar-refractivity contribution is 5.85. The molecule has 0 radical (unpaired) electrons. The van der Waals surface area contributed by atoms with Gasteiger partial charge in [0.15, 0.2) is 0 Å². The first-order valence-corrected chi connectivity index (χ1v) is 10.4. The first-order chi connectivity index (χ1) is 15.2. The molecule has 3 aliphatic rings. The van der Waals surface area contributed by atoms with Crippen molar-refractivity contribution in [3.63, 3.8) is 0 Å². The van der Waals surface area contributed by atoms with Crippen molar-refractivity contribution in [1.82, 2.24) is 20.0 Å². The second kappa shape index (κ2) is 7.36. The number of amides is 1. The molecule has 0 N–H and O–H groups in total. The Balaban J connectivity index is 1.33. The van der Waals surface area contributed by atoms with Gasteiger partial charge in [0.1, 0.15) is 17.3 Å². The van der Waals surface area contributed by atoms with Crippen molar-refractivity contribution in [2.45, 2.75) is 31.5 Å². The molecule has 1 aromatic heterocycles. The molecule has 11 heteroatoms. The molecule has 6 nitrogen and oxygen atoms in total. The lowest BCUT2D eigenvalue weighted by molar-refractivity contribution is -0.143. The number of hydrogen-bond donors (Lipinski definition) is 0. The van der Waals surface area contributed by atoms with Gasteiger partial charge < -0.3 is 4.90 Å². The van der Waals surface area contributed by atoms with E-state index < -0.39 is 35.0 Å². The van der Waals surface area contributed by atoms with Crippen molar-refractivity contribution in [3.05, 3.63) is 53.4 Å². The summed E-state index contributed by atoms with van der Waals surface area (Å²) in [6.07, 6.45) is -2.03. The van der Waals surface area contributed by atoms with Crippen LogP contribution in [-0.4, -0.2) is 52.1 Å². The van der Waals surface area contributed by atoms with E-state index in [2.05, 4.69) is 9.97 Å². The minimum atomic E-state index is -4.56. The summed E-state index contributed by atoms with van der Waals surface area (Å²) in [5, 5.41) is 3.54. The highest BCUT2D eigenvalue weighted by Gasteiger charge is 2.56. The van der Waals surface area contributed by atoms with Crippen LogP contribution in [0.5, 0.6) is 0 Å². The van der Waals surface area contributed by atoms with Crippen molar-refractivity contribution in [1.29, 1.82) is 0 Å². The molecule has 170 valence electrons. The van der Waals surface area contributed by atoms with Crippen LogP contribution < -0.4 is 4.90 Å². The minimum Gasteiger partial charge on any atom is -0.341 e. The van der Waals surface area contributed by atoms with E-state index in [1.54, 1.807) is 9.91 Å². The van der Waals surface area contributed by atoms with E-state index >= 15 is 0 Å². The van der Waals surface area contributed by atoms with E-state index in [4.69, 9.17) is 0 Å². The van der Waals surface area contributed by atoms with Crippen molar-refractivity contribution >= 4 is 11.9 Å². The Morgan fingerprint density at radius 1 is 1.03 bits per heavy atom. The number of nitrogens with zero attached hydrogens (tertiary/aromatic N) is 5. The topological polar surface area (TPSA) is 52.6 Å². The molecule has 0 unspecified atom stereocenters. The molecule has 1 atom stereocenters. The smallest absolute Gasteiger partial charge is 0.341 e. The molecule has 3 aliphatic heterocycles. The van der Waals surface area contributed by atoms with Gasteiger partial charge in [-0.2, -0.15) is 13.2 Å². The molecule has 5 rings (SSSR count). The highest BCUT2D eigenvalue weighted by Crippen LogP contribution is 2.47. The zero-order valence-corrected chi connectivity index (χ0v) is 16.9. The van der Waals surface area contributed by atoms with Crippen LogP contribution in [0, 0.1) is 17.0 Å². The number of piperidine rings is 1. The highest BCUT2D eigenvalue weighted by atomic mass is 19.4. The number of benzene rings is 1. The van der Waals surface area contributed by atoms with Crippen LogP contribution in [0.15, 0.2) is 30.5 Å². The van der Waals surface area contributed by atoms with Gasteiger partial charge in [0.2, 0.25) is 11.9 Å². The van der Waals surface area contributed by atoms with Crippen molar-refractivity contribution in [3.8, 4) is 0 Å². The van der Waals surface area contributed by atoms with Gasteiger partial charge in [-0.1, -0.05) is 0 Å². The Bertz CT molecular complexity index is 1030. The Kier molecular flexibility index (Phi) is 4.84. The summed E-state index contributed by atoms with van der Waals surface area (Å²) in [5.74, 6) is -1.48. The number of carbonyl (C=O) groups is 1. The summed E-state index contributed by atoms with van der Waals surface area (Å²) < 4.78 is 66.4. The van der Waals surface area contributed by atoms with Gasteiger partial charge in [-0.15, -0.1) is 0 Å². The molecule has 1 aromatic carbocycles. The van der Waals surface area contributed by atoms with Crippen molar-refractivity contribution < 1.29 is 26.7 Å². The Hall–Kier alpha value is -2.82. The molecule has 0 saturated carbocycles. The molecule has 0 aliphatic carbocycles.